The fourth-order valence-electron chi connectivity index (χ4n) is 4.78. The Labute approximate surface area is 191 Å². The highest BCUT2D eigenvalue weighted by Crippen LogP contribution is 2.35. The van der Waals surface area contributed by atoms with Gasteiger partial charge in [-0.05, 0) is 61.9 Å². The van der Waals surface area contributed by atoms with Gasteiger partial charge in [0.15, 0.2) is 0 Å². The van der Waals surface area contributed by atoms with E-state index in [1.165, 1.54) is 0 Å². The van der Waals surface area contributed by atoms with Crippen molar-refractivity contribution in [2.45, 2.75) is 13.8 Å². The molecule has 1 N–H and O–H groups in total. The fourth-order valence-corrected chi connectivity index (χ4v) is 4.78. The zero-order valence-corrected chi connectivity index (χ0v) is 18.4. The van der Waals surface area contributed by atoms with E-state index >= 15 is 0 Å². The number of pyridine rings is 1. The van der Waals surface area contributed by atoms with Crippen molar-refractivity contribution in [2.75, 3.05) is 0 Å². The molecule has 0 atom stereocenters. The second-order valence-corrected chi connectivity index (χ2v) is 8.25. The number of nitrogens with zero attached hydrogens (tertiary/aromatic N) is 4. The van der Waals surface area contributed by atoms with E-state index in [0.717, 1.165) is 55.8 Å². The number of benzene rings is 3. The first-order chi connectivity index (χ1) is 16.1. The number of fused-ring (bicyclic) bond motifs is 3. The molecule has 0 bridgehead atoms. The first-order valence-corrected chi connectivity index (χ1v) is 10.9. The number of phenolic OH excluding ortho intramolecular Hbond substituents is 1. The summed E-state index contributed by atoms with van der Waals surface area (Å²) in [4.78, 5) is 4.72. The second-order valence-electron chi connectivity index (χ2n) is 8.25. The van der Waals surface area contributed by atoms with Gasteiger partial charge in [-0.2, -0.15) is 5.10 Å². The van der Waals surface area contributed by atoms with Crippen LogP contribution in [0.1, 0.15) is 11.4 Å². The quantitative estimate of drug-likeness (QED) is 0.356. The number of aromatic hydroxyl groups is 1. The standard InChI is InChI=1S/C28H22N4O/c1-18-28(19(2)32(30-18)21-8-4-3-5-9-21)20-14-15-29-27(16-20)31-25-11-7-6-10-23(25)24-13-12-22(33)17-26(24)31/h3-17,33H,1-2H3. The number of hydrogen-bond donors (Lipinski definition) is 1. The summed E-state index contributed by atoms with van der Waals surface area (Å²) in [5, 5.41) is 17.2. The van der Waals surface area contributed by atoms with Gasteiger partial charge in [-0.15, -0.1) is 0 Å². The van der Waals surface area contributed by atoms with E-state index in [9.17, 15) is 5.11 Å². The monoisotopic (exact) mass is 430 g/mol. The number of para-hydroxylation sites is 2. The third-order valence-electron chi connectivity index (χ3n) is 6.21. The van der Waals surface area contributed by atoms with E-state index < -0.39 is 0 Å². The number of hydrogen-bond acceptors (Lipinski definition) is 3. The van der Waals surface area contributed by atoms with Gasteiger partial charge in [-0.1, -0.05) is 36.4 Å². The van der Waals surface area contributed by atoms with E-state index in [4.69, 9.17) is 10.1 Å². The predicted octanol–water partition coefficient (Wildman–Crippen LogP) is 6.35. The van der Waals surface area contributed by atoms with Crippen LogP contribution in [-0.4, -0.2) is 24.4 Å². The van der Waals surface area contributed by atoms with E-state index in [1.54, 1.807) is 12.1 Å². The Bertz CT molecular complexity index is 1640. The summed E-state index contributed by atoms with van der Waals surface area (Å²) < 4.78 is 4.10. The van der Waals surface area contributed by atoms with Crippen LogP contribution < -0.4 is 0 Å². The molecule has 0 saturated heterocycles. The summed E-state index contributed by atoms with van der Waals surface area (Å²) in [5.41, 5.74) is 7.22. The van der Waals surface area contributed by atoms with Gasteiger partial charge in [0.05, 0.1) is 22.4 Å². The molecule has 0 fully saturated rings. The lowest BCUT2D eigenvalue weighted by atomic mass is 10.0. The number of rotatable bonds is 3. The van der Waals surface area contributed by atoms with Crippen LogP contribution in [0.15, 0.2) is 91.1 Å². The first kappa shape index (κ1) is 19.3. The molecule has 6 aromatic rings. The van der Waals surface area contributed by atoms with Gasteiger partial charge < -0.3 is 5.11 Å². The zero-order valence-electron chi connectivity index (χ0n) is 18.4. The Morgan fingerprint density at radius 2 is 1.52 bits per heavy atom. The Morgan fingerprint density at radius 3 is 2.36 bits per heavy atom. The van der Waals surface area contributed by atoms with E-state index in [2.05, 4.69) is 41.8 Å². The van der Waals surface area contributed by atoms with Crippen LogP contribution in [0.3, 0.4) is 0 Å². The van der Waals surface area contributed by atoms with Gasteiger partial charge in [-0.3, -0.25) is 4.57 Å². The van der Waals surface area contributed by atoms with E-state index in [0.29, 0.717) is 0 Å². The van der Waals surface area contributed by atoms with E-state index in [-0.39, 0.29) is 5.75 Å². The van der Waals surface area contributed by atoms with Crippen molar-refractivity contribution in [1.29, 1.82) is 0 Å². The summed E-state index contributed by atoms with van der Waals surface area (Å²) >= 11 is 0. The molecular formula is C28H22N4O. The van der Waals surface area contributed by atoms with Gasteiger partial charge >= 0.3 is 0 Å². The van der Waals surface area contributed by atoms with Gasteiger partial charge in [-0.25, -0.2) is 9.67 Å². The minimum atomic E-state index is 0.235. The molecule has 160 valence electrons. The van der Waals surface area contributed by atoms with Crippen LogP contribution in [0.25, 0.3) is 44.4 Å². The van der Waals surface area contributed by atoms with Crippen LogP contribution >= 0.6 is 0 Å². The summed E-state index contributed by atoms with van der Waals surface area (Å²) in [5.74, 6) is 1.04. The third-order valence-corrected chi connectivity index (χ3v) is 6.21. The number of aryl methyl sites for hydroxylation is 1. The second kappa shape index (κ2) is 7.35. The molecule has 0 saturated carbocycles. The highest BCUT2D eigenvalue weighted by Gasteiger charge is 2.17. The van der Waals surface area contributed by atoms with Crippen molar-refractivity contribution in [1.82, 2.24) is 19.3 Å². The highest BCUT2D eigenvalue weighted by atomic mass is 16.3. The lowest BCUT2D eigenvalue weighted by Crippen LogP contribution is -1.99. The van der Waals surface area contributed by atoms with Crippen molar-refractivity contribution in [3.63, 3.8) is 0 Å². The SMILES string of the molecule is Cc1nn(-c2ccccc2)c(C)c1-c1ccnc(-n2c3ccccc3c3ccc(O)cc32)c1. The Balaban J connectivity index is 1.57. The molecule has 3 aromatic heterocycles. The molecular weight excluding hydrogens is 408 g/mol. The number of phenols is 1. The normalized spacial score (nSPS) is 11.5. The Hall–Kier alpha value is -4.38. The predicted molar refractivity (Wildman–Crippen MR) is 132 cm³/mol. The molecule has 0 amide bonds. The molecule has 0 aliphatic carbocycles. The molecule has 3 heterocycles. The molecule has 3 aromatic carbocycles. The largest absolute Gasteiger partial charge is 0.508 e. The average Bonchev–Trinajstić information content (AvgIpc) is 3.32. The topological polar surface area (TPSA) is 55.9 Å². The molecule has 0 aliphatic rings. The van der Waals surface area contributed by atoms with Crippen molar-refractivity contribution in [2.24, 2.45) is 0 Å². The molecule has 0 radical (unpaired) electrons. The molecule has 6 rings (SSSR count). The van der Waals surface area contributed by atoms with Crippen LogP contribution in [0, 0.1) is 13.8 Å². The Morgan fingerprint density at radius 1 is 0.758 bits per heavy atom. The lowest BCUT2D eigenvalue weighted by molar-refractivity contribution is 0.476. The lowest BCUT2D eigenvalue weighted by Gasteiger charge is -2.10. The maximum Gasteiger partial charge on any atom is 0.138 e. The van der Waals surface area contributed by atoms with Crippen LogP contribution in [0.2, 0.25) is 0 Å². The maximum atomic E-state index is 10.2. The zero-order chi connectivity index (χ0) is 22.5. The van der Waals surface area contributed by atoms with Crippen LogP contribution in [0.4, 0.5) is 0 Å². The van der Waals surface area contributed by atoms with Gasteiger partial charge in [0.25, 0.3) is 0 Å². The van der Waals surface area contributed by atoms with Gasteiger partial charge in [0, 0.05) is 34.3 Å². The van der Waals surface area contributed by atoms with Crippen LogP contribution in [-0.2, 0) is 0 Å². The Kier molecular flexibility index (Phi) is 4.30. The summed E-state index contributed by atoms with van der Waals surface area (Å²) in [6.45, 7) is 4.14. The molecule has 5 nitrogen and oxygen atoms in total. The minimum absolute atomic E-state index is 0.235. The van der Waals surface area contributed by atoms with Crippen molar-refractivity contribution in [3.05, 3.63) is 103 Å². The molecule has 0 aliphatic heterocycles. The molecule has 0 spiro atoms. The minimum Gasteiger partial charge on any atom is -0.508 e. The first-order valence-electron chi connectivity index (χ1n) is 10.9. The summed E-state index contributed by atoms with van der Waals surface area (Å²) in [6.07, 6.45) is 1.84. The smallest absolute Gasteiger partial charge is 0.138 e. The molecule has 0 unspecified atom stereocenters. The number of aromatic nitrogens is 4. The van der Waals surface area contributed by atoms with Crippen LogP contribution in [0.5, 0.6) is 5.75 Å². The summed E-state index contributed by atoms with van der Waals surface area (Å²) in [7, 11) is 0. The van der Waals surface area contributed by atoms with Crippen molar-refractivity contribution < 1.29 is 5.11 Å². The van der Waals surface area contributed by atoms with Crippen molar-refractivity contribution >= 4 is 21.8 Å². The van der Waals surface area contributed by atoms with E-state index in [1.807, 2.05) is 60.3 Å². The van der Waals surface area contributed by atoms with Gasteiger partial charge in [0.2, 0.25) is 0 Å². The molecule has 33 heavy (non-hydrogen) atoms. The maximum absolute atomic E-state index is 10.2. The summed E-state index contributed by atoms with van der Waals surface area (Å²) in [6, 6.07) is 28.1. The fraction of sp³-hybridized carbons (Fsp3) is 0.0714. The average molecular weight is 431 g/mol. The van der Waals surface area contributed by atoms with Crippen molar-refractivity contribution in [3.8, 4) is 28.4 Å². The highest BCUT2D eigenvalue weighted by molar-refractivity contribution is 6.09. The molecule has 5 heteroatoms. The van der Waals surface area contributed by atoms with Gasteiger partial charge in [0.1, 0.15) is 11.6 Å². The third kappa shape index (κ3) is 3.01.